The molecule has 0 unspecified atom stereocenters. The van der Waals surface area contributed by atoms with Gasteiger partial charge in [0.15, 0.2) is 0 Å². The first-order valence-electron chi connectivity index (χ1n) is 6.15. The number of benzene rings is 1. The maximum atomic E-state index is 12.2. The van der Waals surface area contributed by atoms with E-state index in [4.69, 9.17) is 5.73 Å². The first-order chi connectivity index (χ1) is 9.65. The highest BCUT2D eigenvalue weighted by Gasteiger charge is 2.10. The fourth-order valence-electron chi connectivity index (χ4n) is 2.10. The number of anilines is 2. The van der Waals surface area contributed by atoms with E-state index in [9.17, 15) is 4.79 Å². The molecule has 20 heavy (non-hydrogen) atoms. The molecule has 0 aliphatic carbocycles. The zero-order valence-corrected chi connectivity index (χ0v) is 11.7. The molecule has 3 aromatic rings. The molecule has 0 saturated heterocycles. The lowest BCUT2D eigenvalue weighted by molar-refractivity contribution is 0.102. The number of nitrogen functional groups attached to an aromatic ring is 1. The summed E-state index contributed by atoms with van der Waals surface area (Å²) in [5, 5.41) is 6.66. The number of carbonyl (C=O) groups is 1. The molecule has 2 heterocycles. The van der Waals surface area contributed by atoms with Crippen LogP contribution in [0.1, 0.15) is 15.2 Å². The molecule has 0 bridgehead atoms. The molecule has 3 rings (SSSR count). The Balaban J connectivity index is 1.92. The normalized spacial score (nSPS) is 10.7. The van der Waals surface area contributed by atoms with Gasteiger partial charge in [0.2, 0.25) is 0 Å². The van der Waals surface area contributed by atoms with Crippen LogP contribution in [0.4, 0.5) is 11.5 Å². The van der Waals surface area contributed by atoms with Crippen molar-refractivity contribution < 1.29 is 4.79 Å². The van der Waals surface area contributed by atoms with Crippen molar-refractivity contribution in [2.24, 2.45) is 0 Å². The SMILES string of the molecule is Cc1sccc1C(=O)Nc1ccc2c(N)nccc2c1. The van der Waals surface area contributed by atoms with Gasteiger partial charge in [0.1, 0.15) is 5.82 Å². The van der Waals surface area contributed by atoms with E-state index in [1.165, 1.54) is 0 Å². The van der Waals surface area contributed by atoms with E-state index >= 15 is 0 Å². The quantitative estimate of drug-likeness (QED) is 0.757. The van der Waals surface area contributed by atoms with Gasteiger partial charge in [-0.3, -0.25) is 4.79 Å². The molecule has 0 aliphatic rings. The lowest BCUT2D eigenvalue weighted by atomic mass is 10.1. The van der Waals surface area contributed by atoms with Crippen LogP contribution in [-0.2, 0) is 0 Å². The van der Waals surface area contributed by atoms with Gasteiger partial charge in [0, 0.05) is 22.1 Å². The molecule has 0 aliphatic heterocycles. The van der Waals surface area contributed by atoms with Crippen molar-refractivity contribution in [1.29, 1.82) is 0 Å². The second-order valence-corrected chi connectivity index (χ2v) is 5.60. The fraction of sp³-hybridized carbons (Fsp3) is 0.0667. The number of fused-ring (bicyclic) bond motifs is 1. The number of rotatable bonds is 2. The molecular weight excluding hydrogens is 270 g/mol. The van der Waals surface area contributed by atoms with Crippen LogP contribution in [0.5, 0.6) is 0 Å². The van der Waals surface area contributed by atoms with Crippen molar-refractivity contribution in [2.75, 3.05) is 11.1 Å². The highest BCUT2D eigenvalue weighted by Crippen LogP contribution is 2.23. The standard InChI is InChI=1S/C15H13N3OS/c1-9-12(5-7-20-9)15(19)18-11-2-3-13-10(8-11)4-6-17-14(13)16/h2-8H,1H3,(H2,16,17)(H,18,19). The Hall–Kier alpha value is -2.40. The maximum absolute atomic E-state index is 12.2. The van der Waals surface area contributed by atoms with Gasteiger partial charge in [-0.15, -0.1) is 11.3 Å². The number of aromatic nitrogens is 1. The summed E-state index contributed by atoms with van der Waals surface area (Å²) in [5.41, 5.74) is 7.27. The number of amides is 1. The third-order valence-corrected chi connectivity index (χ3v) is 4.00. The third-order valence-electron chi connectivity index (χ3n) is 3.16. The van der Waals surface area contributed by atoms with Gasteiger partial charge in [-0.1, -0.05) is 0 Å². The van der Waals surface area contributed by atoms with Gasteiger partial charge >= 0.3 is 0 Å². The zero-order valence-electron chi connectivity index (χ0n) is 10.9. The first-order valence-corrected chi connectivity index (χ1v) is 7.03. The van der Waals surface area contributed by atoms with Crippen LogP contribution in [0.3, 0.4) is 0 Å². The molecule has 0 fully saturated rings. The molecule has 0 radical (unpaired) electrons. The maximum Gasteiger partial charge on any atom is 0.256 e. The Morgan fingerprint density at radius 2 is 2.15 bits per heavy atom. The van der Waals surface area contributed by atoms with E-state index in [-0.39, 0.29) is 5.91 Å². The van der Waals surface area contributed by atoms with Crippen LogP contribution < -0.4 is 11.1 Å². The second kappa shape index (κ2) is 4.94. The lowest BCUT2D eigenvalue weighted by Crippen LogP contribution is -2.11. The van der Waals surface area contributed by atoms with Gasteiger partial charge in [0.05, 0.1) is 5.56 Å². The Labute approximate surface area is 120 Å². The van der Waals surface area contributed by atoms with Gasteiger partial charge in [-0.25, -0.2) is 4.98 Å². The minimum atomic E-state index is -0.0925. The summed E-state index contributed by atoms with van der Waals surface area (Å²) in [7, 11) is 0. The van der Waals surface area contributed by atoms with Gasteiger partial charge in [-0.2, -0.15) is 0 Å². The van der Waals surface area contributed by atoms with E-state index in [0.29, 0.717) is 11.4 Å². The van der Waals surface area contributed by atoms with Crippen molar-refractivity contribution in [3.63, 3.8) is 0 Å². The largest absolute Gasteiger partial charge is 0.383 e. The molecule has 100 valence electrons. The molecular formula is C15H13N3OS. The van der Waals surface area contributed by atoms with Crippen LogP contribution in [0, 0.1) is 6.92 Å². The Morgan fingerprint density at radius 1 is 1.30 bits per heavy atom. The summed E-state index contributed by atoms with van der Waals surface area (Å²) in [4.78, 5) is 17.2. The van der Waals surface area contributed by atoms with Crippen molar-refractivity contribution in [3.8, 4) is 0 Å². The summed E-state index contributed by atoms with van der Waals surface area (Å²) >= 11 is 1.56. The Morgan fingerprint density at radius 3 is 2.90 bits per heavy atom. The van der Waals surface area contributed by atoms with Crippen molar-refractivity contribution >= 4 is 39.5 Å². The van der Waals surface area contributed by atoms with E-state index < -0.39 is 0 Å². The molecule has 0 spiro atoms. The number of pyridine rings is 1. The van der Waals surface area contributed by atoms with Crippen molar-refractivity contribution in [2.45, 2.75) is 6.92 Å². The average molecular weight is 283 g/mol. The minimum Gasteiger partial charge on any atom is -0.383 e. The topological polar surface area (TPSA) is 68.0 Å². The van der Waals surface area contributed by atoms with E-state index in [2.05, 4.69) is 10.3 Å². The highest BCUT2D eigenvalue weighted by atomic mass is 32.1. The fourth-order valence-corrected chi connectivity index (χ4v) is 2.79. The molecule has 1 aromatic carbocycles. The molecule has 3 N–H and O–H groups in total. The molecule has 0 saturated carbocycles. The molecule has 4 nitrogen and oxygen atoms in total. The number of nitrogens with two attached hydrogens (primary N) is 1. The van der Waals surface area contributed by atoms with Crippen LogP contribution in [0.2, 0.25) is 0 Å². The van der Waals surface area contributed by atoms with Gasteiger partial charge in [-0.05, 0) is 48.0 Å². The predicted octanol–water partition coefficient (Wildman–Crippen LogP) is 3.44. The predicted molar refractivity (Wildman–Crippen MR) is 83.2 cm³/mol. The number of nitrogens with zero attached hydrogens (tertiary/aromatic N) is 1. The number of carbonyl (C=O) groups excluding carboxylic acids is 1. The second-order valence-electron chi connectivity index (χ2n) is 4.48. The van der Waals surface area contributed by atoms with Gasteiger partial charge in [0.25, 0.3) is 5.91 Å². The number of hydrogen-bond donors (Lipinski definition) is 2. The smallest absolute Gasteiger partial charge is 0.256 e. The van der Waals surface area contributed by atoms with Crippen molar-refractivity contribution in [3.05, 3.63) is 52.3 Å². The van der Waals surface area contributed by atoms with Crippen LogP contribution in [-0.4, -0.2) is 10.9 Å². The molecule has 1 amide bonds. The molecule has 0 atom stereocenters. The van der Waals surface area contributed by atoms with Crippen molar-refractivity contribution in [1.82, 2.24) is 4.98 Å². The lowest BCUT2D eigenvalue weighted by Gasteiger charge is -2.07. The first kappa shape index (κ1) is 12.6. The Bertz CT molecular complexity index is 795. The number of nitrogens with one attached hydrogen (secondary N) is 1. The van der Waals surface area contributed by atoms with Crippen LogP contribution >= 0.6 is 11.3 Å². The van der Waals surface area contributed by atoms with Gasteiger partial charge < -0.3 is 11.1 Å². The number of thiophene rings is 1. The van der Waals surface area contributed by atoms with Crippen LogP contribution in [0.25, 0.3) is 10.8 Å². The van der Waals surface area contributed by atoms with E-state index in [1.807, 2.05) is 42.6 Å². The minimum absolute atomic E-state index is 0.0925. The summed E-state index contributed by atoms with van der Waals surface area (Å²) in [6.45, 7) is 1.94. The monoisotopic (exact) mass is 283 g/mol. The van der Waals surface area contributed by atoms with E-state index in [1.54, 1.807) is 17.5 Å². The molecule has 5 heteroatoms. The third kappa shape index (κ3) is 2.23. The van der Waals surface area contributed by atoms with Crippen LogP contribution in [0.15, 0.2) is 41.9 Å². The number of hydrogen-bond acceptors (Lipinski definition) is 4. The summed E-state index contributed by atoms with van der Waals surface area (Å²) in [5.74, 6) is 0.402. The highest BCUT2D eigenvalue weighted by molar-refractivity contribution is 7.10. The summed E-state index contributed by atoms with van der Waals surface area (Å²) < 4.78 is 0. The average Bonchev–Trinajstić information content (AvgIpc) is 2.85. The molecule has 2 aromatic heterocycles. The number of aryl methyl sites for hydroxylation is 1. The zero-order chi connectivity index (χ0) is 14.1. The van der Waals surface area contributed by atoms with E-state index in [0.717, 1.165) is 21.3 Å². The summed E-state index contributed by atoms with van der Waals surface area (Å²) in [6.07, 6.45) is 1.66. The summed E-state index contributed by atoms with van der Waals surface area (Å²) in [6, 6.07) is 9.30. The Kier molecular flexibility index (Phi) is 3.12.